The topological polar surface area (TPSA) is 91.6 Å². The zero-order valence-electron chi connectivity index (χ0n) is 13.5. The van der Waals surface area contributed by atoms with Crippen molar-refractivity contribution in [1.82, 2.24) is 14.4 Å². The van der Waals surface area contributed by atoms with Crippen molar-refractivity contribution >= 4 is 28.1 Å². The van der Waals surface area contributed by atoms with Crippen LogP contribution >= 0.6 is 0 Å². The summed E-state index contributed by atoms with van der Waals surface area (Å²) >= 11 is 0. The maximum Gasteiger partial charge on any atom is 0.265 e. The molecule has 4 rings (SSSR count). The SMILES string of the molecule is COc1cccn2c(=O)c(CO)c(Nc3c[nH]c4ccccc34)nc12. The van der Waals surface area contributed by atoms with Gasteiger partial charge in [0, 0.05) is 23.3 Å². The molecule has 0 atom stereocenters. The van der Waals surface area contributed by atoms with Gasteiger partial charge < -0.3 is 20.1 Å². The third kappa shape index (κ3) is 2.41. The first-order valence-corrected chi connectivity index (χ1v) is 7.75. The van der Waals surface area contributed by atoms with Crippen LogP contribution in [0.25, 0.3) is 16.6 Å². The second kappa shape index (κ2) is 5.95. The molecule has 0 radical (unpaired) electrons. The quantitative estimate of drug-likeness (QED) is 0.532. The van der Waals surface area contributed by atoms with Gasteiger partial charge in [0.15, 0.2) is 11.4 Å². The molecule has 0 aliphatic rings. The number of aromatic amines is 1. The minimum absolute atomic E-state index is 0.191. The number of para-hydroxylation sites is 1. The van der Waals surface area contributed by atoms with Gasteiger partial charge in [0.05, 0.1) is 25.0 Å². The van der Waals surface area contributed by atoms with Crippen LogP contribution in [0.2, 0.25) is 0 Å². The van der Waals surface area contributed by atoms with E-state index in [-0.39, 0.29) is 11.1 Å². The van der Waals surface area contributed by atoms with Gasteiger partial charge in [-0.25, -0.2) is 4.98 Å². The molecule has 4 aromatic rings. The van der Waals surface area contributed by atoms with Crippen LogP contribution in [0.1, 0.15) is 5.56 Å². The van der Waals surface area contributed by atoms with Gasteiger partial charge in [0.1, 0.15) is 5.82 Å². The van der Waals surface area contributed by atoms with E-state index in [1.807, 2.05) is 24.3 Å². The number of ether oxygens (including phenoxy) is 1. The number of H-pyrrole nitrogens is 1. The van der Waals surface area contributed by atoms with Gasteiger partial charge in [-0.05, 0) is 18.2 Å². The molecule has 126 valence electrons. The van der Waals surface area contributed by atoms with Gasteiger partial charge in [0.2, 0.25) is 0 Å². The summed E-state index contributed by atoms with van der Waals surface area (Å²) in [6.45, 7) is -0.420. The average Bonchev–Trinajstić information content (AvgIpc) is 3.05. The van der Waals surface area contributed by atoms with E-state index in [0.29, 0.717) is 17.2 Å². The number of hydrogen-bond donors (Lipinski definition) is 3. The minimum atomic E-state index is -0.420. The molecule has 7 heteroatoms. The zero-order chi connectivity index (χ0) is 17.4. The number of aromatic nitrogens is 3. The maximum atomic E-state index is 12.7. The second-order valence-electron chi connectivity index (χ2n) is 5.55. The van der Waals surface area contributed by atoms with Crippen LogP contribution in [-0.2, 0) is 6.61 Å². The highest BCUT2D eigenvalue weighted by Gasteiger charge is 2.15. The lowest BCUT2D eigenvalue weighted by Gasteiger charge is -2.12. The molecule has 0 amide bonds. The lowest BCUT2D eigenvalue weighted by molar-refractivity contribution is 0.280. The molecule has 3 aromatic heterocycles. The molecule has 0 aliphatic heterocycles. The summed E-state index contributed by atoms with van der Waals surface area (Å²) in [6.07, 6.45) is 3.40. The van der Waals surface area contributed by atoms with E-state index in [1.165, 1.54) is 11.5 Å². The molecule has 0 saturated heterocycles. The van der Waals surface area contributed by atoms with Crippen LogP contribution in [0.15, 0.2) is 53.6 Å². The van der Waals surface area contributed by atoms with Crippen molar-refractivity contribution in [2.45, 2.75) is 6.61 Å². The van der Waals surface area contributed by atoms with Crippen molar-refractivity contribution in [3.63, 3.8) is 0 Å². The van der Waals surface area contributed by atoms with Crippen molar-refractivity contribution in [2.24, 2.45) is 0 Å². The largest absolute Gasteiger partial charge is 0.493 e. The van der Waals surface area contributed by atoms with Crippen molar-refractivity contribution in [3.8, 4) is 5.75 Å². The van der Waals surface area contributed by atoms with E-state index in [9.17, 15) is 9.90 Å². The maximum absolute atomic E-state index is 12.7. The summed E-state index contributed by atoms with van der Waals surface area (Å²) in [6, 6.07) is 11.2. The Morgan fingerprint density at radius 1 is 1.28 bits per heavy atom. The van der Waals surface area contributed by atoms with E-state index in [4.69, 9.17) is 4.74 Å². The predicted octanol–water partition coefficient (Wildman–Crippen LogP) is 2.42. The average molecular weight is 336 g/mol. The van der Waals surface area contributed by atoms with E-state index in [0.717, 1.165) is 16.6 Å². The summed E-state index contributed by atoms with van der Waals surface area (Å²) in [5, 5.41) is 13.8. The predicted molar refractivity (Wildman–Crippen MR) is 95.5 cm³/mol. The molecule has 0 spiro atoms. The first-order chi connectivity index (χ1) is 12.2. The number of nitrogens with zero attached hydrogens (tertiary/aromatic N) is 2. The van der Waals surface area contributed by atoms with Crippen molar-refractivity contribution in [2.75, 3.05) is 12.4 Å². The normalized spacial score (nSPS) is 11.1. The second-order valence-corrected chi connectivity index (χ2v) is 5.55. The summed E-state index contributed by atoms with van der Waals surface area (Å²) in [7, 11) is 1.52. The van der Waals surface area contributed by atoms with Gasteiger partial charge in [0.25, 0.3) is 5.56 Å². The van der Waals surface area contributed by atoms with Crippen molar-refractivity contribution < 1.29 is 9.84 Å². The number of pyridine rings is 1. The summed E-state index contributed by atoms with van der Waals surface area (Å²) in [5.74, 6) is 0.785. The Hall–Kier alpha value is -3.32. The number of rotatable bonds is 4. The highest BCUT2D eigenvalue weighted by molar-refractivity contribution is 5.94. The number of methoxy groups -OCH3 is 1. The van der Waals surface area contributed by atoms with E-state index in [1.54, 1.807) is 24.5 Å². The van der Waals surface area contributed by atoms with Crippen molar-refractivity contribution in [3.05, 3.63) is 64.7 Å². The fourth-order valence-electron chi connectivity index (χ4n) is 2.88. The molecular weight excluding hydrogens is 320 g/mol. The van der Waals surface area contributed by atoms with E-state index >= 15 is 0 Å². The fourth-order valence-corrected chi connectivity index (χ4v) is 2.88. The van der Waals surface area contributed by atoms with Crippen molar-refractivity contribution in [1.29, 1.82) is 0 Å². The van der Waals surface area contributed by atoms with E-state index < -0.39 is 6.61 Å². The Morgan fingerprint density at radius 3 is 2.92 bits per heavy atom. The fraction of sp³-hybridized carbons (Fsp3) is 0.111. The van der Waals surface area contributed by atoms with Gasteiger partial charge >= 0.3 is 0 Å². The van der Waals surface area contributed by atoms with Crippen LogP contribution in [0.3, 0.4) is 0 Å². The number of hydrogen-bond acceptors (Lipinski definition) is 5. The van der Waals surface area contributed by atoms with Gasteiger partial charge in [-0.2, -0.15) is 0 Å². The van der Waals surface area contributed by atoms with Gasteiger partial charge in [-0.3, -0.25) is 9.20 Å². The number of anilines is 2. The number of benzene rings is 1. The molecule has 1 aromatic carbocycles. The number of nitrogens with one attached hydrogen (secondary N) is 2. The summed E-state index contributed by atoms with van der Waals surface area (Å²) in [5.41, 5.74) is 1.97. The minimum Gasteiger partial charge on any atom is -0.493 e. The Bertz CT molecular complexity index is 1130. The summed E-state index contributed by atoms with van der Waals surface area (Å²) in [4.78, 5) is 20.4. The lowest BCUT2D eigenvalue weighted by atomic mass is 10.2. The number of fused-ring (bicyclic) bond motifs is 2. The molecule has 0 fully saturated rings. The lowest BCUT2D eigenvalue weighted by Crippen LogP contribution is -2.22. The first-order valence-electron chi connectivity index (χ1n) is 7.75. The molecule has 0 aliphatic carbocycles. The number of aliphatic hydroxyl groups is 1. The van der Waals surface area contributed by atoms with Gasteiger partial charge in [-0.1, -0.05) is 18.2 Å². The Balaban J connectivity index is 1.93. The molecule has 25 heavy (non-hydrogen) atoms. The standard InChI is InChI=1S/C18H16N4O3/c1-25-15-7-4-8-22-17(15)21-16(12(10-23)18(22)24)20-14-9-19-13-6-3-2-5-11(13)14/h2-9,19-20,23H,10H2,1H3. The van der Waals surface area contributed by atoms with E-state index in [2.05, 4.69) is 15.3 Å². The Labute approximate surface area is 142 Å². The number of aliphatic hydroxyl groups excluding tert-OH is 1. The summed E-state index contributed by atoms with van der Waals surface area (Å²) < 4.78 is 6.66. The molecular formula is C18H16N4O3. The Morgan fingerprint density at radius 2 is 2.12 bits per heavy atom. The molecule has 7 nitrogen and oxygen atoms in total. The molecule has 3 heterocycles. The molecule has 0 unspecified atom stereocenters. The highest BCUT2D eigenvalue weighted by Crippen LogP contribution is 2.27. The van der Waals surface area contributed by atoms with Crippen LogP contribution in [0.4, 0.5) is 11.5 Å². The van der Waals surface area contributed by atoms with Crippen LogP contribution in [0.5, 0.6) is 5.75 Å². The highest BCUT2D eigenvalue weighted by atomic mass is 16.5. The zero-order valence-corrected chi connectivity index (χ0v) is 13.5. The third-order valence-corrected chi connectivity index (χ3v) is 4.13. The van der Waals surface area contributed by atoms with Crippen LogP contribution in [-0.4, -0.2) is 26.6 Å². The smallest absolute Gasteiger partial charge is 0.265 e. The van der Waals surface area contributed by atoms with Crippen LogP contribution in [0, 0.1) is 0 Å². The molecule has 0 bridgehead atoms. The first kappa shape index (κ1) is 15.2. The van der Waals surface area contributed by atoms with Crippen LogP contribution < -0.4 is 15.6 Å². The molecule has 0 saturated carbocycles. The Kier molecular flexibility index (Phi) is 3.62. The van der Waals surface area contributed by atoms with Gasteiger partial charge in [-0.15, -0.1) is 0 Å². The third-order valence-electron chi connectivity index (χ3n) is 4.13. The monoisotopic (exact) mass is 336 g/mol. The molecule has 3 N–H and O–H groups in total.